The molecular formula is C20H24N6O3. The lowest BCUT2D eigenvalue weighted by molar-refractivity contribution is 0.0822. The number of aromatic nitrogens is 4. The molecule has 0 spiro atoms. The Balaban J connectivity index is 1.78. The van der Waals surface area contributed by atoms with Crippen molar-refractivity contribution < 1.29 is 14.3 Å². The first-order valence-electron chi connectivity index (χ1n) is 9.05. The molecule has 0 aliphatic heterocycles. The third kappa shape index (κ3) is 4.29. The van der Waals surface area contributed by atoms with E-state index in [9.17, 15) is 9.59 Å². The predicted octanol–water partition coefficient (Wildman–Crippen LogP) is 2.00. The highest BCUT2D eigenvalue weighted by molar-refractivity contribution is 6.08. The van der Waals surface area contributed by atoms with Crippen LogP contribution in [0.3, 0.4) is 0 Å². The Bertz CT molecular complexity index is 1040. The monoisotopic (exact) mass is 396 g/mol. The van der Waals surface area contributed by atoms with Gasteiger partial charge in [0.05, 0.1) is 11.4 Å². The highest BCUT2D eigenvalue weighted by atomic mass is 16.5. The van der Waals surface area contributed by atoms with Crippen LogP contribution >= 0.6 is 0 Å². The average Bonchev–Trinajstić information content (AvgIpc) is 3.21. The highest BCUT2D eigenvalue weighted by Gasteiger charge is 2.24. The van der Waals surface area contributed by atoms with E-state index in [0.29, 0.717) is 23.9 Å². The molecule has 0 aliphatic rings. The van der Waals surface area contributed by atoms with Crippen LogP contribution in [0.25, 0.3) is 0 Å². The van der Waals surface area contributed by atoms with Crippen molar-refractivity contribution in [3.8, 4) is 5.88 Å². The van der Waals surface area contributed by atoms with E-state index in [1.54, 1.807) is 45.9 Å². The number of carbonyl (C=O) groups excluding carboxylic acids is 2. The normalized spacial score (nSPS) is 10.7. The van der Waals surface area contributed by atoms with Crippen LogP contribution in [0.4, 0.5) is 5.69 Å². The van der Waals surface area contributed by atoms with Gasteiger partial charge in [0.1, 0.15) is 6.61 Å². The van der Waals surface area contributed by atoms with Crippen molar-refractivity contribution in [3.63, 3.8) is 0 Å². The number of benzene rings is 1. The minimum absolute atomic E-state index is 0.180. The predicted molar refractivity (Wildman–Crippen MR) is 108 cm³/mol. The SMILES string of the molecule is Cc1c(NC(=O)c2cc(OCc3ccccc3)n(C)n2)c(C(=O)N(C)C)nn1C. The molecule has 3 rings (SSSR count). The van der Waals surface area contributed by atoms with Crippen molar-refractivity contribution in [2.45, 2.75) is 13.5 Å². The minimum Gasteiger partial charge on any atom is -0.473 e. The molecule has 9 heteroatoms. The molecule has 0 aliphatic carbocycles. The largest absolute Gasteiger partial charge is 0.473 e. The van der Waals surface area contributed by atoms with E-state index >= 15 is 0 Å². The van der Waals surface area contributed by atoms with Crippen LogP contribution in [0.15, 0.2) is 36.4 Å². The number of aryl methyl sites for hydroxylation is 2. The number of rotatable bonds is 6. The van der Waals surface area contributed by atoms with Crippen molar-refractivity contribution >= 4 is 17.5 Å². The van der Waals surface area contributed by atoms with Gasteiger partial charge >= 0.3 is 0 Å². The second-order valence-electron chi connectivity index (χ2n) is 6.85. The van der Waals surface area contributed by atoms with E-state index in [1.807, 2.05) is 30.3 Å². The Kier molecular flexibility index (Phi) is 5.67. The van der Waals surface area contributed by atoms with Crippen molar-refractivity contribution in [1.29, 1.82) is 0 Å². The maximum Gasteiger partial charge on any atom is 0.276 e. The quantitative estimate of drug-likeness (QED) is 0.688. The third-order valence-corrected chi connectivity index (χ3v) is 4.48. The number of carbonyl (C=O) groups is 2. The summed E-state index contributed by atoms with van der Waals surface area (Å²) in [7, 11) is 6.68. The van der Waals surface area contributed by atoms with Crippen LogP contribution in [-0.2, 0) is 20.7 Å². The van der Waals surface area contributed by atoms with Crippen LogP contribution in [0.1, 0.15) is 32.2 Å². The van der Waals surface area contributed by atoms with Gasteiger partial charge in [0.2, 0.25) is 5.88 Å². The molecule has 0 saturated heterocycles. The standard InChI is InChI=1S/C20H24N6O3/c1-13-17(18(23-25(13)4)20(28)24(2)3)21-19(27)15-11-16(26(5)22-15)29-12-14-9-7-6-8-10-14/h6-11H,12H2,1-5H3,(H,21,27). The molecule has 2 aromatic heterocycles. The number of nitrogens with zero attached hydrogens (tertiary/aromatic N) is 5. The van der Waals surface area contributed by atoms with E-state index in [1.165, 1.54) is 9.58 Å². The number of amides is 2. The highest BCUT2D eigenvalue weighted by Crippen LogP contribution is 2.22. The lowest BCUT2D eigenvalue weighted by Gasteiger charge is -2.10. The minimum atomic E-state index is -0.445. The van der Waals surface area contributed by atoms with Gasteiger partial charge in [-0.05, 0) is 12.5 Å². The summed E-state index contributed by atoms with van der Waals surface area (Å²) in [4.78, 5) is 26.6. The molecule has 0 saturated carbocycles. The third-order valence-electron chi connectivity index (χ3n) is 4.48. The van der Waals surface area contributed by atoms with E-state index in [0.717, 1.165) is 5.56 Å². The molecular weight excluding hydrogens is 372 g/mol. The first-order chi connectivity index (χ1) is 13.8. The van der Waals surface area contributed by atoms with E-state index < -0.39 is 5.91 Å². The fourth-order valence-corrected chi connectivity index (χ4v) is 2.72. The van der Waals surface area contributed by atoms with Gasteiger partial charge in [-0.25, -0.2) is 4.68 Å². The smallest absolute Gasteiger partial charge is 0.276 e. The Morgan fingerprint density at radius 3 is 2.45 bits per heavy atom. The number of hydrogen-bond donors (Lipinski definition) is 1. The number of ether oxygens (including phenoxy) is 1. The second kappa shape index (κ2) is 8.17. The Morgan fingerprint density at radius 1 is 1.10 bits per heavy atom. The number of nitrogens with one attached hydrogen (secondary N) is 1. The fraction of sp³-hybridized carbons (Fsp3) is 0.300. The molecule has 152 valence electrons. The zero-order valence-corrected chi connectivity index (χ0v) is 17.1. The Hall–Kier alpha value is -3.62. The maximum absolute atomic E-state index is 12.8. The van der Waals surface area contributed by atoms with Crippen LogP contribution < -0.4 is 10.1 Å². The molecule has 1 aromatic carbocycles. The number of anilines is 1. The summed E-state index contributed by atoms with van der Waals surface area (Å²) < 4.78 is 8.82. The zero-order valence-electron chi connectivity index (χ0n) is 17.1. The molecule has 29 heavy (non-hydrogen) atoms. The lowest BCUT2D eigenvalue weighted by Crippen LogP contribution is -2.24. The summed E-state index contributed by atoms with van der Waals surface area (Å²) in [5.74, 6) is -0.275. The van der Waals surface area contributed by atoms with Crippen LogP contribution in [-0.4, -0.2) is 50.4 Å². The van der Waals surface area contributed by atoms with E-state index in [-0.39, 0.29) is 17.3 Å². The molecule has 3 aromatic rings. The van der Waals surface area contributed by atoms with E-state index in [4.69, 9.17) is 4.74 Å². The van der Waals surface area contributed by atoms with Gasteiger partial charge in [-0.2, -0.15) is 10.2 Å². The summed E-state index contributed by atoms with van der Waals surface area (Å²) in [5, 5.41) is 11.2. The van der Waals surface area contributed by atoms with Gasteiger partial charge < -0.3 is 15.0 Å². The molecule has 0 fully saturated rings. The van der Waals surface area contributed by atoms with Gasteiger partial charge in [-0.1, -0.05) is 30.3 Å². The summed E-state index contributed by atoms with van der Waals surface area (Å²) in [6.45, 7) is 2.15. The Morgan fingerprint density at radius 2 is 1.79 bits per heavy atom. The first-order valence-corrected chi connectivity index (χ1v) is 9.05. The summed E-state index contributed by atoms with van der Waals surface area (Å²) in [6.07, 6.45) is 0. The van der Waals surface area contributed by atoms with Gasteiger partial charge in [0.25, 0.3) is 11.8 Å². The fourth-order valence-electron chi connectivity index (χ4n) is 2.72. The molecule has 1 N–H and O–H groups in total. The summed E-state index contributed by atoms with van der Waals surface area (Å²) in [6, 6.07) is 11.3. The molecule has 0 radical (unpaired) electrons. The topological polar surface area (TPSA) is 94.3 Å². The molecule has 0 bridgehead atoms. The molecule has 2 amide bonds. The van der Waals surface area contributed by atoms with Crippen molar-refractivity contribution in [3.05, 3.63) is 59.0 Å². The van der Waals surface area contributed by atoms with Crippen LogP contribution in [0.5, 0.6) is 5.88 Å². The molecule has 9 nitrogen and oxygen atoms in total. The van der Waals surface area contributed by atoms with Crippen molar-refractivity contribution in [1.82, 2.24) is 24.5 Å². The Labute approximate surface area is 168 Å². The zero-order chi connectivity index (χ0) is 21.1. The first kappa shape index (κ1) is 20.1. The van der Waals surface area contributed by atoms with Gasteiger partial charge in [-0.3, -0.25) is 14.3 Å². The molecule has 2 heterocycles. The van der Waals surface area contributed by atoms with Gasteiger partial charge in [0.15, 0.2) is 11.4 Å². The number of hydrogen-bond acceptors (Lipinski definition) is 5. The maximum atomic E-state index is 12.8. The molecule has 0 atom stereocenters. The van der Waals surface area contributed by atoms with Crippen molar-refractivity contribution in [2.75, 3.05) is 19.4 Å². The summed E-state index contributed by atoms with van der Waals surface area (Å²) in [5.41, 5.74) is 2.41. The van der Waals surface area contributed by atoms with Crippen LogP contribution in [0, 0.1) is 6.92 Å². The lowest BCUT2D eigenvalue weighted by atomic mass is 10.2. The van der Waals surface area contributed by atoms with Gasteiger partial charge in [-0.15, -0.1) is 0 Å². The van der Waals surface area contributed by atoms with Gasteiger partial charge in [0, 0.05) is 34.3 Å². The van der Waals surface area contributed by atoms with Crippen molar-refractivity contribution in [2.24, 2.45) is 14.1 Å². The average molecular weight is 396 g/mol. The van der Waals surface area contributed by atoms with E-state index in [2.05, 4.69) is 15.5 Å². The summed E-state index contributed by atoms with van der Waals surface area (Å²) >= 11 is 0. The second-order valence-corrected chi connectivity index (χ2v) is 6.85. The van der Waals surface area contributed by atoms with Crippen LogP contribution in [0.2, 0.25) is 0 Å². The molecule has 0 unspecified atom stereocenters.